The molecule has 410 valence electrons. The topological polar surface area (TPSA) is 78.9 Å². The zero-order chi connectivity index (χ0) is 50.2. The van der Waals surface area contributed by atoms with Crippen LogP contribution in [0.25, 0.3) is 0 Å². The second-order valence-electron chi connectivity index (χ2n) is 22.2. The van der Waals surface area contributed by atoms with E-state index in [0.29, 0.717) is 19.3 Å². The van der Waals surface area contributed by atoms with Crippen LogP contribution < -0.4 is 0 Å². The number of carbonyl (C=O) groups excluding carboxylic acids is 3. The van der Waals surface area contributed by atoms with Crippen LogP contribution in [0.1, 0.15) is 362 Å². The van der Waals surface area contributed by atoms with Crippen LogP contribution in [0.15, 0.2) is 0 Å². The fourth-order valence-corrected chi connectivity index (χ4v) is 9.81. The number of hydrogen-bond acceptors (Lipinski definition) is 6. The number of unbranched alkanes of at least 4 members (excludes halogenated alkanes) is 45. The second kappa shape index (κ2) is 57.3. The Morgan fingerprint density at radius 1 is 0.275 bits per heavy atom. The quantitative estimate of drug-likeness (QED) is 0.0343. The predicted octanol–water partition coefficient (Wildman–Crippen LogP) is 21.0. The van der Waals surface area contributed by atoms with Gasteiger partial charge in [0.2, 0.25) is 0 Å². The van der Waals surface area contributed by atoms with E-state index < -0.39 is 6.10 Å². The van der Waals surface area contributed by atoms with Crippen LogP contribution in [-0.4, -0.2) is 37.2 Å². The molecule has 6 nitrogen and oxygen atoms in total. The molecule has 0 aliphatic carbocycles. The van der Waals surface area contributed by atoms with Gasteiger partial charge in [0, 0.05) is 19.3 Å². The highest BCUT2D eigenvalue weighted by Crippen LogP contribution is 2.19. The van der Waals surface area contributed by atoms with E-state index >= 15 is 0 Å². The van der Waals surface area contributed by atoms with Crippen molar-refractivity contribution in [2.45, 2.75) is 368 Å². The van der Waals surface area contributed by atoms with Crippen LogP contribution in [0.2, 0.25) is 0 Å². The average Bonchev–Trinajstić information content (AvgIpc) is 3.34. The summed E-state index contributed by atoms with van der Waals surface area (Å²) in [7, 11) is 0. The first-order valence-electron chi connectivity index (χ1n) is 31.4. The summed E-state index contributed by atoms with van der Waals surface area (Å²) in [4.78, 5) is 38.3. The molecule has 0 amide bonds. The first kappa shape index (κ1) is 67.4. The summed E-state index contributed by atoms with van der Waals surface area (Å²) in [6.45, 7) is 9.08. The minimum atomic E-state index is -0.763. The van der Waals surface area contributed by atoms with Crippen molar-refractivity contribution in [1.82, 2.24) is 0 Å². The maximum Gasteiger partial charge on any atom is 0.306 e. The van der Waals surface area contributed by atoms with Crippen molar-refractivity contribution in [2.24, 2.45) is 5.92 Å². The molecule has 0 unspecified atom stereocenters. The third kappa shape index (κ3) is 57.2. The summed E-state index contributed by atoms with van der Waals surface area (Å²) >= 11 is 0. The van der Waals surface area contributed by atoms with Gasteiger partial charge < -0.3 is 14.2 Å². The lowest BCUT2D eigenvalue weighted by Gasteiger charge is -2.18. The minimum Gasteiger partial charge on any atom is -0.462 e. The summed E-state index contributed by atoms with van der Waals surface area (Å²) in [5.41, 5.74) is 0. The van der Waals surface area contributed by atoms with E-state index in [9.17, 15) is 14.4 Å². The number of rotatable bonds is 58. The normalized spacial score (nSPS) is 12.0. The lowest BCUT2D eigenvalue weighted by atomic mass is 10.0. The van der Waals surface area contributed by atoms with Crippen LogP contribution in [0.3, 0.4) is 0 Å². The van der Waals surface area contributed by atoms with E-state index in [1.807, 2.05) is 0 Å². The van der Waals surface area contributed by atoms with Crippen molar-refractivity contribution in [3.63, 3.8) is 0 Å². The molecule has 69 heavy (non-hydrogen) atoms. The van der Waals surface area contributed by atoms with Gasteiger partial charge in [-0.1, -0.05) is 323 Å². The Morgan fingerprint density at radius 3 is 0.710 bits per heavy atom. The molecule has 0 heterocycles. The van der Waals surface area contributed by atoms with Crippen LogP contribution in [0.5, 0.6) is 0 Å². The minimum absolute atomic E-state index is 0.0613. The Labute approximate surface area is 431 Å². The lowest BCUT2D eigenvalue weighted by Crippen LogP contribution is -2.30. The Morgan fingerprint density at radius 2 is 0.478 bits per heavy atom. The smallest absolute Gasteiger partial charge is 0.306 e. The van der Waals surface area contributed by atoms with Gasteiger partial charge in [0.15, 0.2) is 6.10 Å². The van der Waals surface area contributed by atoms with E-state index in [-0.39, 0.29) is 31.1 Å². The zero-order valence-corrected chi connectivity index (χ0v) is 47.3. The lowest BCUT2D eigenvalue weighted by molar-refractivity contribution is -0.167. The van der Waals surface area contributed by atoms with Gasteiger partial charge in [-0.15, -0.1) is 0 Å². The molecule has 0 bridgehead atoms. The third-order valence-electron chi connectivity index (χ3n) is 14.5. The highest BCUT2D eigenvalue weighted by Gasteiger charge is 2.19. The Balaban J connectivity index is 4.29. The summed E-state index contributed by atoms with van der Waals surface area (Å²) in [6, 6.07) is 0. The highest BCUT2D eigenvalue weighted by atomic mass is 16.6. The molecular formula is C63H122O6. The van der Waals surface area contributed by atoms with E-state index in [4.69, 9.17) is 14.2 Å². The van der Waals surface area contributed by atoms with Gasteiger partial charge in [0.1, 0.15) is 13.2 Å². The molecule has 0 aromatic carbocycles. The molecule has 0 aliphatic rings. The number of hydrogen-bond donors (Lipinski definition) is 0. The zero-order valence-electron chi connectivity index (χ0n) is 47.3. The molecule has 6 heteroatoms. The molecule has 0 spiro atoms. The van der Waals surface area contributed by atoms with Crippen LogP contribution >= 0.6 is 0 Å². The number of esters is 3. The largest absolute Gasteiger partial charge is 0.462 e. The molecule has 0 saturated heterocycles. The maximum absolute atomic E-state index is 12.9. The van der Waals surface area contributed by atoms with Crippen LogP contribution in [0.4, 0.5) is 0 Å². The fourth-order valence-electron chi connectivity index (χ4n) is 9.81. The summed E-state index contributed by atoms with van der Waals surface area (Å²) < 4.78 is 16.9. The Kier molecular flexibility index (Phi) is 56.0. The van der Waals surface area contributed by atoms with Crippen molar-refractivity contribution >= 4 is 17.9 Å². The van der Waals surface area contributed by atoms with Gasteiger partial charge in [0.05, 0.1) is 0 Å². The molecule has 0 aromatic rings. The Hall–Kier alpha value is -1.59. The number of carbonyl (C=O) groups is 3. The molecule has 0 radical (unpaired) electrons. The standard InChI is InChI=1S/C63H122O6/c1-5-7-9-11-13-15-17-19-21-23-24-25-27-31-36-40-44-48-52-56-63(66)69-60(57-67-61(64)54-50-46-42-38-34-30-26-22-20-18-16-14-12-10-8-6-2)58-68-62(65)55-51-47-43-39-35-32-28-29-33-37-41-45-49-53-59(3)4/h59-60H,5-58H2,1-4H3/t60-/m1/s1. The molecule has 0 N–H and O–H groups in total. The maximum atomic E-state index is 12.9. The van der Waals surface area contributed by atoms with Gasteiger partial charge in [-0.2, -0.15) is 0 Å². The Bertz CT molecular complexity index is 1040. The van der Waals surface area contributed by atoms with Gasteiger partial charge >= 0.3 is 17.9 Å². The molecule has 1 atom stereocenters. The SMILES string of the molecule is CCCCCCCCCCCCCCCCCCCCCC(=O)O[C@H](COC(=O)CCCCCCCCCCCCCCCCCC)COC(=O)CCCCCCCCCCCCCCCC(C)C. The first-order chi connectivity index (χ1) is 33.9. The molecule has 0 aliphatic heterocycles. The summed E-state index contributed by atoms with van der Waals surface area (Å²) in [5, 5.41) is 0. The van der Waals surface area contributed by atoms with Gasteiger partial charge in [-0.3, -0.25) is 14.4 Å². The predicted molar refractivity (Wildman–Crippen MR) is 298 cm³/mol. The van der Waals surface area contributed by atoms with E-state index in [2.05, 4.69) is 27.7 Å². The third-order valence-corrected chi connectivity index (χ3v) is 14.5. The second-order valence-corrected chi connectivity index (χ2v) is 22.2. The van der Waals surface area contributed by atoms with Crippen LogP contribution in [-0.2, 0) is 28.6 Å². The van der Waals surface area contributed by atoms with E-state index in [0.717, 1.165) is 63.7 Å². The monoisotopic (exact) mass is 975 g/mol. The van der Waals surface area contributed by atoms with Crippen LogP contribution in [0, 0.1) is 5.92 Å². The summed E-state index contributed by atoms with van der Waals surface area (Å²) in [6.07, 6.45) is 63.9. The van der Waals surface area contributed by atoms with Crippen molar-refractivity contribution in [3.8, 4) is 0 Å². The van der Waals surface area contributed by atoms with Crippen molar-refractivity contribution < 1.29 is 28.6 Å². The highest BCUT2D eigenvalue weighted by molar-refractivity contribution is 5.71. The molecule has 0 aromatic heterocycles. The van der Waals surface area contributed by atoms with Gasteiger partial charge in [-0.05, 0) is 25.2 Å². The van der Waals surface area contributed by atoms with Crippen molar-refractivity contribution in [1.29, 1.82) is 0 Å². The molecule has 0 saturated carbocycles. The summed E-state index contributed by atoms with van der Waals surface area (Å²) in [5.74, 6) is 0.0107. The first-order valence-corrected chi connectivity index (χ1v) is 31.4. The van der Waals surface area contributed by atoms with Crippen molar-refractivity contribution in [3.05, 3.63) is 0 Å². The molecule has 0 fully saturated rings. The van der Waals surface area contributed by atoms with Gasteiger partial charge in [-0.25, -0.2) is 0 Å². The molecule has 0 rings (SSSR count). The van der Waals surface area contributed by atoms with Crippen molar-refractivity contribution in [2.75, 3.05) is 13.2 Å². The van der Waals surface area contributed by atoms with Gasteiger partial charge in [0.25, 0.3) is 0 Å². The molecular weight excluding hydrogens is 853 g/mol. The fraction of sp³-hybridized carbons (Fsp3) is 0.952. The van der Waals surface area contributed by atoms with E-state index in [1.54, 1.807) is 0 Å². The number of ether oxygens (including phenoxy) is 3. The average molecular weight is 976 g/mol. The van der Waals surface area contributed by atoms with E-state index in [1.165, 1.54) is 257 Å².